The standard InChI is InChI=1S/C29H38F3N3O3/c1-19-20(2)27(38-15-13-33(4)12-14-37-5)11-10-26(19)21(3)34-17-25-16-24(34)18-35(25)28(36)22-6-8-23(9-7-22)29(30,31)32/h6-11,21,24-25H,12-18H2,1-5H3/t21-,24+,25+/m0/s1. The summed E-state index contributed by atoms with van der Waals surface area (Å²) in [6.45, 7) is 10.7. The van der Waals surface area contributed by atoms with Gasteiger partial charge in [-0.1, -0.05) is 6.07 Å². The highest BCUT2D eigenvalue weighted by atomic mass is 19.4. The van der Waals surface area contributed by atoms with Crippen molar-refractivity contribution in [3.05, 3.63) is 64.2 Å². The van der Waals surface area contributed by atoms with Crippen LogP contribution in [0.3, 0.4) is 0 Å². The van der Waals surface area contributed by atoms with Crippen LogP contribution in [0, 0.1) is 13.8 Å². The number of likely N-dealkylation sites (tertiary alicyclic amines) is 2. The van der Waals surface area contributed by atoms with E-state index in [4.69, 9.17) is 9.47 Å². The van der Waals surface area contributed by atoms with Gasteiger partial charge in [-0.05, 0) is 81.3 Å². The number of hydrogen-bond acceptors (Lipinski definition) is 5. The second-order valence-corrected chi connectivity index (χ2v) is 10.5. The lowest BCUT2D eigenvalue weighted by Crippen LogP contribution is -2.49. The van der Waals surface area contributed by atoms with Crippen LogP contribution >= 0.6 is 0 Å². The molecular formula is C29H38F3N3O3. The number of benzene rings is 2. The number of ether oxygens (including phenoxy) is 2. The van der Waals surface area contributed by atoms with Crippen LogP contribution in [0.15, 0.2) is 36.4 Å². The van der Waals surface area contributed by atoms with Gasteiger partial charge in [-0.15, -0.1) is 0 Å². The minimum absolute atomic E-state index is 0.0661. The van der Waals surface area contributed by atoms with Gasteiger partial charge >= 0.3 is 6.18 Å². The van der Waals surface area contributed by atoms with E-state index in [9.17, 15) is 18.0 Å². The molecule has 2 aromatic rings. The van der Waals surface area contributed by atoms with Crippen LogP contribution in [0.5, 0.6) is 5.75 Å². The Balaban J connectivity index is 1.36. The summed E-state index contributed by atoms with van der Waals surface area (Å²) in [5.41, 5.74) is 3.16. The Bertz CT molecular complexity index is 1120. The Morgan fingerprint density at radius 2 is 1.71 bits per heavy atom. The molecule has 0 radical (unpaired) electrons. The summed E-state index contributed by atoms with van der Waals surface area (Å²) in [4.78, 5) is 19.5. The van der Waals surface area contributed by atoms with Crippen molar-refractivity contribution in [2.24, 2.45) is 0 Å². The van der Waals surface area contributed by atoms with Crippen molar-refractivity contribution in [3.63, 3.8) is 0 Å². The molecule has 4 rings (SSSR count). The van der Waals surface area contributed by atoms with Crippen LogP contribution in [-0.2, 0) is 10.9 Å². The van der Waals surface area contributed by atoms with E-state index in [-0.39, 0.29) is 24.0 Å². The summed E-state index contributed by atoms with van der Waals surface area (Å²) in [5.74, 6) is 0.703. The van der Waals surface area contributed by atoms with Gasteiger partial charge < -0.3 is 19.3 Å². The zero-order chi connectivity index (χ0) is 27.6. The first-order valence-electron chi connectivity index (χ1n) is 13.2. The summed E-state index contributed by atoms with van der Waals surface area (Å²) >= 11 is 0. The highest BCUT2D eigenvalue weighted by Crippen LogP contribution is 2.39. The zero-order valence-electron chi connectivity index (χ0n) is 22.8. The molecule has 0 N–H and O–H groups in total. The van der Waals surface area contributed by atoms with Crippen molar-refractivity contribution in [1.82, 2.24) is 14.7 Å². The molecular weight excluding hydrogens is 495 g/mol. The second kappa shape index (κ2) is 11.6. The molecule has 0 aromatic heterocycles. The maximum absolute atomic E-state index is 13.1. The van der Waals surface area contributed by atoms with Crippen LogP contribution in [0.25, 0.3) is 0 Å². The van der Waals surface area contributed by atoms with E-state index in [1.165, 1.54) is 23.3 Å². The molecule has 0 saturated carbocycles. The third-order valence-electron chi connectivity index (χ3n) is 8.14. The lowest BCUT2D eigenvalue weighted by atomic mass is 9.96. The van der Waals surface area contributed by atoms with Crippen LogP contribution in [-0.4, -0.2) is 86.2 Å². The fourth-order valence-electron chi connectivity index (χ4n) is 5.66. The normalized spacial score (nSPS) is 20.4. The quantitative estimate of drug-likeness (QED) is 0.433. The summed E-state index contributed by atoms with van der Waals surface area (Å²) in [5, 5.41) is 0. The molecule has 1 amide bonds. The van der Waals surface area contributed by atoms with Gasteiger partial charge in [0.05, 0.1) is 12.2 Å². The highest BCUT2D eigenvalue weighted by molar-refractivity contribution is 5.94. The molecule has 2 saturated heterocycles. The SMILES string of the molecule is COCCN(C)CCOc1ccc([C@H](C)N2C[C@H]3C[C@@H]2CN3C(=O)c2ccc(C(F)(F)F)cc2)c(C)c1C. The van der Waals surface area contributed by atoms with Gasteiger partial charge in [0.1, 0.15) is 12.4 Å². The third kappa shape index (κ3) is 6.00. The van der Waals surface area contributed by atoms with E-state index in [2.05, 4.69) is 42.7 Å². The van der Waals surface area contributed by atoms with Gasteiger partial charge in [0.25, 0.3) is 5.91 Å². The summed E-state index contributed by atoms with van der Waals surface area (Å²) in [6, 6.07) is 9.20. The van der Waals surface area contributed by atoms with E-state index >= 15 is 0 Å². The number of halogens is 3. The van der Waals surface area contributed by atoms with Crippen LogP contribution in [0.4, 0.5) is 13.2 Å². The fraction of sp³-hybridized carbons (Fsp3) is 0.552. The number of carbonyl (C=O) groups excluding carboxylic acids is 1. The number of hydrogen-bond donors (Lipinski definition) is 0. The predicted octanol–water partition coefficient (Wildman–Crippen LogP) is 4.94. The van der Waals surface area contributed by atoms with Crippen molar-refractivity contribution in [1.29, 1.82) is 0 Å². The van der Waals surface area contributed by atoms with Crippen molar-refractivity contribution in [2.45, 2.75) is 51.5 Å². The number of nitrogens with zero attached hydrogens (tertiary/aromatic N) is 3. The van der Waals surface area contributed by atoms with Crippen molar-refractivity contribution in [2.75, 3.05) is 53.6 Å². The average molecular weight is 534 g/mol. The number of likely N-dealkylation sites (N-methyl/N-ethyl adjacent to an activating group) is 1. The average Bonchev–Trinajstić information content (AvgIpc) is 3.50. The number of methoxy groups -OCH3 is 1. The van der Waals surface area contributed by atoms with Crippen LogP contribution in [0.1, 0.15) is 52.0 Å². The minimum Gasteiger partial charge on any atom is -0.492 e. The molecule has 0 unspecified atom stereocenters. The van der Waals surface area contributed by atoms with Crippen molar-refractivity contribution >= 4 is 5.91 Å². The summed E-state index contributed by atoms with van der Waals surface area (Å²) < 4.78 is 49.9. The maximum Gasteiger partial charge on any atom is 0.416 e. The topological polar surface area (TPSA) is 45.3 Å². The zero-order valence-corrected chi connectivity index (χ0v) is 22.8. The van der Waals surface area contributed by atoms with Crippen molar-refractivity contribution in [3.8, 4) is 5.75 Å². The molecule has 208 valence electrons. The number of alkyl halides is 3. The second-order valence-electron chi connectivity index (χ2n) is 10.5. The Kier molecular flexibility index (Phi) is 8.69. The lowest BCUT2D eigenvalue weighted by Gasteiger charge is -2.38. The van der Waals surface area contributed by atoms with Gasteiger partial charge in [-0.25, -0.2) is 0 Å². The van der Waals surface area contributed by atoms with Crippen molar-refractivity contribution < 1.29 is 27.4 Å². The molecule has 3 atom stereocenters. The Labute approximate surface area is 223 Å². The molecule has 0 spiro atoms. The van der Waals surface area contributed by atoms with E-state index in [0.717, 1.165) is 49.5 Å². The van der Waals surface area contributed by atoms with E-state index in [1.807, 2.05) is 11.9 Å². The van der Waals surface area contributed by atoms with Gasteiger partial charge in [-0.3, -0.25) is 9.69 Å². The number of amides is 1. The molecule has 2 fully saturated rings. The number of piperazine rings is 1. The third-order valence-corrected chi connectivity index (χ3v) is 8.14. The number of carbonyl (C=O) groups is 1. The number of fused-ring (bicyclic) bond motifs is 2. The molecule has 2 aliphatic rings. The van der Waals surface area contributed by atoms with Gasteiger partial charge in [0.2, 0.25) is 0 Å². The predicted molar refractivity (Wildman–Crippen MR) is 141 cm³/mol. The Morgan fingerprint density at radius 1 is 1.03 bits per heavy atom. The summed E-state index contributed by atoms with van der Waals surface area (Å²) in [7, 11) is 3.75. The molecule has 2 bridgehead atoms. The highest BCUT2D eigenvalue weighted by Gasteiger charge is 2.47. The minimum atomic E-state index is -4.41. The lowest BCUT2D eigenvalue weighted by molar-refractivity contribution is -0.137. The van der Waals surface area contributed by atoms with E-state index < -0.39 is 11.7 Å². The van der Waals surface area contributed by atoms with Gasteiger partial charge in [-0.2, -0.15) is 13.2 Å². The molecule has 6 nitrogen and oxygen atoms in total. The first kappa shape index (κ1) is 28.4. The summed E-state index contributed by atoms with van der Waals surface area (Å²) in [6.07, 6.45) is -3.53. The van der Waals surface area contributed by atoms with Gasteiger partial charge in [0.15, 0.2) is 0 Å². The Hall–Kier alpha value is -2.62. The van der Waals surface area contributed by atoms with E-state index in [0.29, 0.717) is 25.3 Å². The molecule has 2 heterocycles. The van der Waals surface area contributed by atoms with Crippen LogP contribution in [0.2, 0.25) is 0 Å². The molecule has 38 heavy (non-hydrogen) atoms. The fourth-order valence-corrected chi connectivity index (χ4v) is 5.66. The van der Waals surface area contributed by atoms with Gasteiger partial charge in [0, 0.05) is 57.0 Å². The van der Waals surface area contributed by atoms with Crippen LogP contribution < -0.4 is 4.74 Å². The molecule has 2 aliphatic heterocycles. The maximum atomic E-state index is 13.1. The van der Waals surface area contributed by atoms with E-state index in [1.54, 1.807) is 7.11 Å². The monoisotopic (exact) mass is 533 g/mol. The molecule has 0 aliphatic carbocycles. The number of rotatable bonds is 10. The first-order valence-corrected chi connectivity index (χ1v) is 13.2. The largest absolute Gasteiger partial charge is 0.492 e. The first-order chi connectivity index (χ1) is 18.0. The smallest absolute Gasteiger partial charge is 0.416 e. The molecule has 2 aromatic carbocycles. The molecule has 9 heteroatoms. The Morgan fingerprint density at radius 3 is 2.32 bits per heavy atom.